The van der Waals surface area contributed by atoms with Crippen LogP contribution in [0.4, 0.5) is 0 Å². The van der Waals surface area contributed by atoms with Crippen LogP contribution in [0, 0.1) is 17.8 Å². The molecule has 370 valence electrons. The van der Waals surface area contributed by atoms with E-state index in [1.165, 1.54) is 13.0 Å². The van der Waals surface area contributed by atoms with E-state index >= 15 is 0 Å². The van der Waals surface area contributed by atoms with Crippen molar-refractivity contribution in [1.29, 1.82) is 0 Å². The fourth-order valence-corrected chi connectivity index (χ4v) is 7.45. The molecule has 0 bridgehead atoms. The molecular weight excluding hydrogens is 851 g/mol. The van der Waals surface area contributed by atoms with Gasteiger partial charge in [-0.1, -0.05) is 86.8 Å². The number of aliphatic hydroxyl groups is 10. The third-order valence-electron chi connectivity index (χ3n) is 11.7. The van der Waals surface area contributed by atoms with Gasteiger partial charge < -0.3 is 76.1 Å². The van der Waals surface area contributed by atoms with E-state index in [1.54, 1.807) is 44.2 Å². The molecule has 0 aliphatic carbocycles. The highest BCUT2D eigenvalue weighted by molar-refractivity contribution is 5.81. The number of aliphatic carboxylic acids is 1. The van der Waals surface area contributed by atoms with Gasteiger partial charge >= 0.3 is 11.9 Å². The first kappa shape index (κ1) is 57.7. The van der Waals surface area contributed by atoms with Crippen molar-refractivity contribution in [3.05, 3.63) is 72.9 Å². The van der Waals surface area contributed by atoms with Crippen LogP contribution in [0.5, 0.6) is 0 Å². The molecule has 18 heteroatoms. The molecule has 0 aromatic carbocycles. The van der Waals surface area contributed by atoms with Crippen LogP contribution in [0.1, 0.15) is 91.9 Å². The molecule has 0 amide bonds. The van der Waals surface area contributed by atoms with Crippen LogP contribution in [0.25, 0.3) is 0 Å². The first-order valence-corrected chi connectivity index (χ1v) is 22.4. The summed E-state index contributed by atoms with van der Waals surface area (Å²) < 4.78 is 17.0. The van der Waals surface area contributed by atoms with Crippen LogP contribution in [0.15, 0.2) is 72.9 Å². The second-order valence-corrected chi connectivity index (χ2v) is 17.4. The summed E-state index contributed by atoms with van der Waals surface area (Å²) in [6.45, 7) is 6.73. The molecule has 18 nitrogen and oxygen atoms in total. The van der Waals surface area contributed by atoms with Crippen LogP contribution in [0.2, 0.25) is 0 Å². The smallest absolute Gasteiger partial charge is 0.311 e. The lowest BCUT2D eigenvalue weighted by Gasteiger charge is -2.41. The van der Waals surface area contributed by atoms with E-state index in [2.05, 4.69) is 0 Å². The largest absolute Gasteiger partial charge is 0.481 e. The third-order valence-corrected chi connectivity index (χ3v) is 11.7. The second kappa shape index (κ2) is 30.0. The number of rotatable bonds is 3. The molecule has 65 heavy (non-hydrogen) atoms. The predicted molar refractivity (Wildman–Crippen MR) is 238 cm³/mol. The average molecular weight is 926 g/mol. The summed E-state index contributed by atoms with van der Waals surface area (Å²) in [5, 5.41) is 116. The molecule has 18 atom stereocenters. The van der Waals surface area contributed by atoms with Gasteiger partial charge in [0.05, 0.1) is 79.6 Å². The number of cyclic esters (lactones) is 1. The summed E-state index contributed by atoms with van der Waals surface area (Å²) in [7, 11) is 0. The van der Waals surface area contributed by atoms with Gasteiger partial charge in [-0.05, 0) is 52.4 Å². The number of carbonyl (C=O) groups excluding carboxylic acids is 2. The SMILES string of the molecule is CC1/C=C/C=C/CC/C=C/C=C/C=C/C=C/C(O[C@@H]2O[C@H](C)C(O)C(N)C2O)CC(O)C(C(=O)O)C(O)CC(=O)CC(O)C(O)CCC(O)CC(O)CC(O)CC(=O)OC(C)C(C)C1O. The van der Waals surface area contributed by atoms with Gasteiger partial charge in [-0.25, -0.2) is 0 Å². The van der Waals surface area contributed by atoms with Crippen molar-refractivity contribution in [2.45, 2.75) is 184 Å². The van der Waals surface area contributed by atoms with Gasteiger partial charge in [0.25, 0.3) is 0 Å². The zero-order valence-electron chi connectivity index (χ0n) is 37.8. The minimum Gasteiger partial charge on any atom is -0.481 e. The van der Waals surface area contributed by atoms with Crippen LogP contribution in [-0.2, 0) is 28.6 Å². The van der Waals surface area contributed by atoms with Crippen molar-refractivity contribution < 1.29 is 84.8 Å². The van der Waals surface area contributed by atoms with Crippen LogP contribution in [0.3, 0.4) is 0 Å². The van der Waals surface area contributed by atoms with Gasteiger partial charge in [0.2, 0.25) is 0 Å². The Morgan fingerprint density at radius 1 is 0.615 bits per heavy atom. The molecule has 2 heterocycles. The number of nitrogens with two attached hydrogens (primary N) is 1. The lowest BCUT2D eigenvalue weighted by atomic mass is 9.88. The Morgan fingerprint density at radius 3 is 1.83 bits per heavy atom. The average Bonchev–Trinajstić information content (AvgIpc) is 3.22. The maximum Gasteiger partial charge on any atom is 0.311 e. The number of ketones is 1. The van der Waals surface area contributed by atoms with Crippen molar-refractivity contribution in [2.75, 3.05) is 0 Å². The summed E-state index contributed by atoms with van der Waals surface area (Å²) in [5.74, 6) is -5.88. The van der Waals surface area contributed by atoms with E-state index in [0.717, 1.165) is 12.8 Å². The standard InChI is InChI=1S/C47H75NO17/c1-27-17-15-13-11-9-7-5-6-8-10-12-14-16-18-35(65-47-45(60)42(48)44(59)30(4)64-47)26-39(56)41(46(61)62)38(55)24-34(52)23-37(54)36(53)20-19-31(49)21-32(50)22-33(51)25-40(57)63-29(3)28(2)43(27)58/h5-6,8,10-18,27-33,35-39,41-45,47,49-51,53-56,58-60H,7,9,19-26,48H2,1-4H3,(H,61,62)/b6-5+,10-8+,13-11+,14-12+,17-15+,18-16+/t27?,28?,29?,30-,31?,32?,33?,35?,36?,37?,38?,39?,41?,42?,43?,44?,45?,47+/m1/s1. The normalized spacial score (nSPS) is 42.5. The molecule has 2 aliphatic heterocycles. The molecule has 1 saturated heterocycles. The van der Waals surface area contributed by atoms with Gasteiger partial charge in [0.1, 0.15) is 23.9 Å². The van der Waals surface area contributed by atoms with Crippen molar-refractivity contribution in [1.82, 2.24) is 0 Å². The summed E-state index contributed by atoms with van der Waals surface area (Å²) in [4.78, 5) is 37.8. The highest BCUT2D eigenvalue weighted by atomic mass is 16.7. The zero-order valence-corrected chi connectivity index (χ0v) is 37.8. The van der Waals surface area contributed by atoms with E-state index in [0.29, 0.717) is 0 Å². The van der Waals surface area contributed by atoms with E-state index in [-0.39, 0.29) is 31.6 Å². The number of hydrogen-bond acceptors (Lipinski definition) is 17. The van der Waals surface area contributed by atoms with Crippen LogP contribution < -0.4 is 5.73 Å². The van der Waals surface area contributed by atoms with Crippen molar-refractivity contribution in [3.8, 4) is 0 Å². The maximum atomic E-state index is 12.9. The Morgan fingerprint density at radius 2 is 1.18 bits per heavy atom. The zero-order chi connectivity index (χ0) is 48.8. The van der Waals surface area contributed by atoms with E-state index in [9.17, 15) is 70.6 Å². The Hall–Kier alpha value is -3.47. The molecule has 2 aliphatic rings. The van der Waals surface area contributed by atoms with Gasteiger partial charge in [0.15, 0.2) is 6.29 Å². The van der Waals surface area contributed by atoms with E-state index < -0.39 is 147 Å². The Kier molecular flexibility index (Phi) is 26.6. The molecule has 0 aromatic rings. The monoisotopic (exact) mass is 926 g/mol. The number of hydrogen-bond donors (Lipinski definition) is 12. The fourth-order valence-electron chi connectivity index (χ4n) is 7.45. The molecule has 0 aromatic heterocycles. The molecular formula is C47H75NO17. The first-order chi connectivity index (χ1) is 30.6. The molecule has 0 radical (unpaired) electrons. The molecule has 16 unspecified atom stereocenters. The Balaban J connectivity index is 2.26. The summed E-state index contributed by atoms with van der Waals surface area (Å²) in [6.07, 6.45) is 0.848. The number of carboxylic acid groups (broad SMARTS) is 1. The van der Waals surface area contributed by atoms with Crippen molar-refractivity contribution in [2.24, 2.45) is 23.5 Å². The molecule has 0 spiro atoms. The highest BCUT2D eigenvalue weighted by Gasteiger charge is 2.43. The Labute approximate surface area is 381 Å². The van der Waals surface area contributed by atoms with E-state index in [4.69, 9.17) is 19.9 Å². The predicted octanol–water partition coefficient (Wildman–Crippen LogP) is 0.778. The number of aliphatic hydroxyl groups excluding tert-OH is 10. The topological polar surface area (TPSA) is 327 Å². The van der Waals surface area contributed by atoms with Crippen molar-refractivity contribution in [3.63, 3.8) is 0 Å². The number of Topliss-reactive ketones (excluding diaryl/α,β-unsaturated/α-hetero) is 1. The molecule has 13 N–H and O–H groups in total. The van der Waals surface area contributed by atoms with Gasteiger partial charge in [-0.15, -0.1) is 0 Å². The number of carboxylic acids is 1. The highest BCUT2D eigenvalue weighted by Crippen LogP contribution is 2.26. The molecule has 2 rings (SSSR count). The second-order valence-electron chi connectivity index (χ2n) is 17.4. The van der Waals surface area contributed by atoms with E-state index in [1.807, 2.05) is 43.4 Å². The fraction of sp³-hybridized carbons (Fsp3) is 0.681. The van der Waals surface area contributed by atoms with Gasteiger partial charge in [0, 0.05) is 31.1 Å². The molecule has 1 fully saturated rings. The van der Waals surface area contributed by atoms with Crippen LogP contribution in [-0.4, -0.2) is 166 Å². The minimum atomic E-state index is -1.95. The number of ether oxygens (including phenoxy) is 3. The quantitative estimate of drug-likeness (QED) is 0.174. The van der Waals surface area contributed by atoms with Gasteiger partial charge in [-0.2, -0.15) is 0 Å². The summed E-state index contributed by atoms with van der Waals surface area (Å²) in [5.41, 5.74) is 5.96. The lowest BCUT2D eigenvalue weighted by Crippen LogP contribution is -2.61. The number of allylic oxidation sites excluding steroid dienone is 10. The summed E-state index contributed by atoms with van der Waals surface area (Å²) >= 11 is 0. The minimum absolute atomic E-state index is 0.144. The van der Waals surface area contributed by atoms with Crippen LogP contribution >= 0.6 is 0 Å². The first-order valence-electron chi connectivity index (χ1n) is 22.4. The number of carbonyl (C=O) groups is 3. The van der Waals surface area contributed by atoms with Gasteiger partial charge in [-0.3, -0.25) is 14.4 Å². The lowest BCUT2D eigenvalue weighted by molar-refractivity contribution is -0.277. The molecule has 0 saturated carbocycles. The summed E-state index contributed by atoms with van der Waals surface area (Å²) in [6, 6.07) is -1.15. The Bertz CT molecular complexity index is 1600. The third kappa shape index (κ3) is 21.4. The number of esters is 1. The maximum absolute atomic E-state index is 12.9. The van der Waals surface area contributed by atoms with Crippen molar-refractivity contribution >= 4 is 17.7 Å².